The van der Waals surface area contributed by atoms with Crippen LogP contribution in [-0.4, -0.2) is 27.1 Å². The van der Waals surface area contributed by atoms with Gasteiger partial charge in [0, 0.05) is 23.1 Å². The largest absolute Gasteiger partial charge is 0.300 e. The Morgan fingerprint density at radius 3 is 2.42 bits per heavy atom. The molecule has 0 bridgehead atoms. The molecule has 0 saturated heterocycles. The summed E-state index contributed by atoms with van der Waals surface area (Å²) >= 11 is 5.86. The van der Waals surface area contributed by atoms with Crippen LogP contribution in [0.15, 0.2) is 23.1 Å². The van der Waals surface area contributed by atoms with E-state index in [2.05, 4.69) is 0 Å². The number of hydrogen-bond acceptors (Lipinski definition) is 3. The summed E-state index contributed by atoms with van der Waals surface area (Å²) in [6.45, 7) is 2.03. The highest BCUT2D eigenvalue weighted by Gasteiger charge is 2.33. The molecule has 0 heterocycles. The second-order valence-corrected chi connectivity index (χ2v) is 7.41. The average molecular weight is 307 g/mol. The molecular weight excluding hydrogens is 291 g/mol. The molecule has 0 aliphatic heterocycles. The van der Waals surface area contributed by atoms with Crippen LogP contribution in [0.5, 0.6) is 0 Å². The third-order valence-electron chi connectivity index (χ3n) is 2.93. The maximum atomic E-state index is 13.4. The van der Waals surface area contributed by atoms with E-state index < -0.39 is 21.9 Å². The van der Waals surface area contributed by atoms with Crippen LogP contribution in [0.25, 0.3) is 0 Å². The molecule has 0 saturated carbocycles. The first-order valence-corrected chi connectivity index (χ1v) is 7.92. The number of Topliss-reactive ketones (excluding diaryl/α,β-unsaturated/α-hetero) is 1. The first-order valence-electron chi connectivity index (χ1n) is 5.65. The molecular formula is C13H16ClFO3S. The summed E-state index contributed by atoms with van der Waals surface area (Å²) in [6.07, 6.45) is 0.971. The maximum absolute atomic E-state index is 13.4. The fourth-order valence-corrected chi connectivity index (χ4v) is 3.25. The fourth-order valence-electron chi connectivity index (χ4n) is 2.06. The summed E-state index contributed by atoms with van der Waals surface area (Å²) in [6, 6.07) is 4.20. The van der Waals surface area contributed by atoms with Gasteiger partial charge in [0.15, 0.2) is 9.84 Å². The van der Waals surface area contributed by atoms with E-state index in [1.807, 2.05) is 0 Å². The summed E-state index contributed by atoms with van der Waals surface area (Å²) in [4.78, 5) is 11.3. The van der Waals surface area contributed by atoms with Crippen molar-refractivity contribution in [3.8, 4) is 0 Å². The van der Waals surface area contributed by atoms with Crippen LogP contribution in [-0.2, 0) is 20.0 Å². The average Bonchev–Trinajstić information content (AvgIpc) is 2.26. The molecule has 0 amide bonds. The monoisotopic (exact) mass is 306 g/mol. The van der Waals surface area contributed by atoms with Gasteiger partial charge in [-0.05, 0) is 30.7 Å². The van der Waals surface area contributed by atoms with Gasteiger partial charge in [-0.1, -0.05) is 18.5 Å². The number of hydrogen-bond donors (Lipinski definition) is 0. The van der Waals surface area contributed by atoms with Crippen molar-refractivity contribution in [3.63, 3.8) is 0 Å². The predicted molar refractivity (Wildman–Crippen MR) is 73.2 cm³/mol. The molecule has 1 atom stereocenters. The lowest BCUT2D eigenvalue weighted by Gasteiger charge is -2.28. The quantitative estimate of drug-likeness (QED) is 0.840. The molecule has 1 aromatic carbocycles. The lowest BCUT2D eigenvalue weighted by atomic mass is 9.79. The van der Waals surface area contributed by atoms with Gasteiger partial charge in [0.2, 0.25) is 0 Å². The Balaban J connectivity index is 3.54. The summed E-state index contributed by atoms with van der Waals surface area (Å²) in [7, 11) is -3.52. The van der Waals surface area contributed by atoms with E-state index in [-0.39, 0.29) is 22.7 Å². The van der Waals surface area contributed by atoms with Crippen molar-refractivity contribution in [1.82, 2.24) is 0 Å². The summed E-state index contributed by atoms with van der Waals surface area (Å²) in [5, 5.41) is 0.311. The molecule has 0 aromatic heterocycles. The van der Waals surface area contributed by atoms with E-state index in [9.17, 15) is 17.6 Å². The van der Waals surface area contributed by atoms with Crippen molar-refractivity contribution in [2.45, 2.75) is 30.6 Å². The van der Waals surface area contributed by atoms with Crippen LogP contribution < -0.4 is 0 Å². The lowest BCUT2D eigenvalue weighted by Crippen LogP contribution is -2.29. The zero-order valence-corrected chi connectivity index (χ0v) is 12.6. The van der Waals surface area contributed by atoms with Gasteiger partial charge < -0.3 is 0 Å². The van der Waals surface area contributed by atoms with Crippen molar-refractivity contribution in [3.05, 3.63) is 28.8 Å². The third-order valence-corrected chi connectivity index (χ3v) is 4.32. The predicted octanol–water partition coefficient (Wildman–Crippen LogP) is 2.95. The van der Waals surface area contributed by atoms with Gasteiger partial charge in [-0.3, -0.25) is 9.18 Å². The van der Waals surface area contributed by atoms with Gasteiger partial charge >= 0.3 is 0 Å². The zero-order chi connectivity index (χ0) is 14.8. The summed E-state index contributed by atoms with van der Waals surface area (Å²) in [5.74, 6) is -0.209. The zero-order valence-electron chi connectivity index (χ0n) is 11.0. The number of carbonyl (C=O) groups is 1. The van der Waals surface area contributed by atoms with Gasteiger partial charge in [-0.2, -0.15) is 0 Å². The van der Waals surface area contributed by atoms with E-state index in [0.29, 0.717) is 5.02 Å². The van der Waals surface area contributed by atoms with Gasteiger partial charge in [-0.15, -0.1) is 0 Å². The van der Waals surface area contributed by atoms with Crippen LogP contribution in [0, 0.1) is 0 Å². The molecule has 106 valence electrons. The van der Waals surface area contributed by atoms with Crippen LogP contribution >= 0.6 is 11.6 Å². The SMILES string of the molecule is CC(=O)CC(C)(CF)c1cc(Cl)ccc1S(C)(=O)=O. The second-order valence-electron chi connectivity index (χ2n) is 4.99. The summed E-state index contributed by atoms with van der Waals surface area (Å²) < 4.78 is 36.9. The molecule has 6 heteroatoms. The Bertz CT molecular complexity index is 598. The Kier molecular flexibility index (Phi) is 4.74. The molecule has 0 radical (unpaired) electrons. The van der Waals surface area contributed by atoms with Gasteiger partial charge in [0.1, 0.15) is 5.78 Å². The minimum atomic E-state index is -3.52. The van der Waals surface area contributed by atoms with Crippen LogP contribution in [0.1, 0.15) is 25.8 Å². The first-order chi connectivity index (χ1) is 8.60. The topological polar surface area (TPSA) is 51.2 Å². The molecule has 3 nitrogen and oxygen atoms in total. The van der Waals surface area contributed by atoms with Crippen LogP contribution in [0.3, 0.4) is 0 Å². The van der Waals surface area contributed by atoms with Crippen molar-refractivity contribution in [2.24, 2.45) is 0 Å². The van der Waals surface area contributed by atoms with Crippen molar-refractivity contribution in [2.75, 3.05) is 12.9 Å². The minimum Gasteiger partial charge on any atom is -0.300 e. The maximum Gasteiger partial charge on any atom is 0.175 e. The smallest absolute Gasteiger partial charge is 0.175 e. The Hall–Kier alpha value is -0.940. The molecule has 0 fully saturated rings. The van der Waals surface area contributed by atoms with E-state index in [4.69, 9.17) is 11.6 Å². The number of carbonyl (C=O) groups excluding carboxylic acids is 1. The minimum absolute atomic E-state index is 0.0123. The molecule has 0 N–H and O–H groups in total. The number of ketones is 1. The molecule has 1 rings (SSSR count). The number of sulfone groups is 1. The van der Waals surface area contributed by atoms with Crippen molar-refractivity contribution in [1.29, 1.82) is 0 Å². The number of benzene rings is 1. The van der Waals surface area contributed by atoms with E-state index in [0.717, 1.165) is 6.26 Å². The molecule has 1 aromatic rings. The molecule has 0 spiro atoms. The molecule has 19 heavy (non-hydrogen) atoms. The number of alkyl halides is 1. The summed E-state index contributed by atoms with van der Waals surface area (Å²) in [5.41, 5.74) is -0.935. The Labute approximate surface area is 117 Å². The Morgan fingerprint density at radius 2 is 2.00 bits per heavy atom. The van der Waals surface area contributed by atoms with Crippen LogP contribution in [0.2, 0.25) is 5.02 Å². The highest BCUT2D eigenvalue weighted by molar-refractivity contribution is 7.90. The highest BCUT2D eigenvalue weighted by Crippen LogP contribution is 2.35. The Morgan fingerprint density at radius 1 is 1.42 bits per heavy atom. The molecule has 1 unspecified atom stereocenters. The van der Waals surface area contributed by atoms with E-state index >= 15 is 0 Å². The fraction of sp³-hybridized carbons (Fsp3) is 0.462. The number of halogens is 2. The van der Waals surface area contributed by atoms with E-state index in [1.165, 1.54) is 32.0 Å². The molecule has 0 aliphatic carbocycles. The van der Waals surface area contributed by atoms with Gasteiger partial charge in [0.05, 0.1) is 11.6 Å². The van der Waals surface area contributed by atoms with Gasteiger partial charge in [0.25, 0.3) is 0 Å². The molecule has 0 aliphatic rings. The normalized spacial score (nSPS) is 15.0. The standard InChI is InChI=1S/C13H16ClFO3S/c1-9(16)7-13(2,8-15)11-6-10(14)4-5-12(11)19(3,17)18/h4-6H,7-8H2,1-3H3. The lowest BCUT2D eigenvalue weighted by molar-refractivity contribution is -0.118. The number of rotatable bonds is 5. The van der Waals surface area contributed by atoms with Crippen LogP contribution in [0.4, 0.5) is 4.39 Å². The van der Waals surface area contributed by atoms with Gasteiger partial charge in [-0.25, -0.2) is 8.42 Å². The second kappa shape index (κ2) is 5.59. The highest BCUT2D eigenvalue weighted by atomic mass is 35.5. The third kappa shape index (κ3) is 3.76. The first kappa shape index (κ1) is 16.1. The van der Waals surface area contributed by atoms with Crippen molar-refractivity contribution >= 4 is 27.2 Å². The van der Waals surface area contributed by atoms with Crippen molar-refractivity contribution < 1.29 is 17.6 Å². The van der Waals surface area contributed by atoms with E-state index in [1.54, 1.807) is 0 Å².